The van der Waals surface area contributed by atoms with E-state index < -0.39 is 0 Å². The largest absolute Gasteiger partial charge is 0.481 e. The fraction of sp³-hybridized carbons (Fsp3) is 0.722. The van der Waals surface area contributed by atoms with E-state index in [-0.39, 0.29) is 5.41 Å². The van der Waals surface area contributed by atoms with Crippen molar-refractivity contribution in [3.8, 4) is 5.88 Å². The number of ether oxygens (including phenoxy) is 2. The number of rotatable bonds is 5. The van der Waals surface area contributed by atoms with Gasteiger partial charge in [0.2, 0.25) is 17.7 Å². The number of likely N-dealkylation sites (tertiary alicyclic amines) is 1. The molecule has 142 valence electrons. The SMILES string of the molecule is COc1ccnc(N2CCC3(CCN(CCN4CCOCC4)C3=O)C2)n1. The van der Waals surface area contributed by atoms with Crippen LogP contribution in [0.25, 0.3) is 0 Å². The summed E-state index contributed by atoms with van der Waals surface area (Å²) < 4.78 is 10.6. The van der Waals surface area contributed by atoms with Crippen molar-refractivity contribution in [1.82, 2.24) is 19.8 Å². The highest BCUT2D eigenvalue weighted by Gasteiger charge is 2.51. The molecule has 0 aliphatic carbocycles. The quantitative estimate of drug-likeness (QED) is 0.744. The number of hydrogen-bond donors (Lipinski definition) is 0. The van der Waals surface area contributed by atoms with Crippen LogP contribution in [0.15, 0.2) is 12.3 Å². The van der Waals surface area contributed by atoms with E-state index in [0.717, 1.165) is 65.3 Å². The van der Waals surface area contributed by atoms with Crippen LogP contribution in [0.1, 0.15) is 12.8 Å². The van der Waals surface area contributed by atoms with E-state index in [1.807, 2.05) is 4.90 Å². The molecule has 8 heteroatoms. The zero-order chi connectivity index (χ0) is 18.0. The van der Waals surface area contributed by atoms with Crippen molar-refractivity contribution in [2.75, 3.05) is 71.0 Å². The lowest BCUT2D eigenvalue weighted by Gasteiger charge is -2.29. The predicted octanol–water partition coefficient (Wildman–Crippen LogP) is 0.246. The molecule has 0 radical (unpaired) electrons. The minimum absolute atomic E-state index is 0.266. The summed E-state index contributed by atoms with van der Waals surface area (Å²) in [5.74, 6) is 1.51. The zero-order valence-corrected chi connectivity index (χ0v) is 15.4. The van der Waals surface area contributed by atoms with Crippen LogP contribution >= 0.6 is 0 Å². The molecule has 0 aromatic carbocycles. The molecule has 1 atom stereocenters. The Labute approximate surface area is 154 Å². The van der Waals surface area contributed by atoms with Crippen molar-refractivity contribution in [3.05, 3.63) is 12.3 Å². The first-order chi connectivity index (χ1) is 12.7. The van der Waals surface area contributed by atoms with Crippen molar-refractivity contribution < 1.29 is 14.3 Å². The van der Waals surface area contributed by atoms with Gasteiger partial charge in [-0.1, -0.05) is 0 Å². The van der Waals surface area contributed by atoms with Crippen LogP contribution in [-0.2, 0) is 9.53 Å². The number of carbonyl (C=O) groups excluding carboxylic acids is 1. The third-order valence-electron chi connectivity index (χ3n) is 5.85. The number of hydrogen-bond acceptors (Lipinski definition) is 7. The first-order valence-corrected chi connectivity index (χ1v) is 9.42. The van der Waals surface area contributed by atoms with Crippen LogP contribution in [0.2, 0.25) is 0 Å². The lowest BCUT2D eigenvalue weighted by atomic mass is 9.85. The topological polar surface area (TPSA) is 71.0 Å². The third-order valence-corrected chi connectivity index (χ3v) is 5.85. The Hall–Kier alpha value is -1.93. The summed E-state index contributed by atoms with van der Waals surface area (Å²) in [5.41, 5.74) is -0.266. The van der Waals surface area contributed by atoms with Crippen LogP contribution in [0.3, 0.4) is 0 Å². The van der Waals surface area contributed by atoms with Crippen molar-refractivity contribution in [2.45, 2.75) is 12.8 Å². The first-order valence-electron chi connectivity index (χ1n) is 9.42. The summed E-state index contributed by atoms with van der Waals surface area (Å²) in [5, 5.41) is 0. The molecule has 0 saturated carbocycles. The van der Waals surface area contributed by atoms with Gasteiger partial charge in [-0.2, -0.15) is 4.98 Å². The average molecular weight is 361 g/mol. The van der Waals surface area contributed by atoms with Crippen molar-refractivity contribution in [1.29, 1.82) is 0 Å². The number of anilines is 1. The Morgan fingerprint density at radius 2 is 2.00 bits per heavy atom. The molecule has 1 amide bonds. The molecule has 3 aliphatic heterocycles. The monoisotopic (exact) mass is 361 g/mol. The Bertz CT molecular complexity index is 651. The normalized spacial score (nSPS) is 26.9. The van der Waals surface area contributed by atoms with Crippen LogP contribution in [0.4, 0.5) is 5.95 Å². The van der Waals surface area contributed by atoms with Crippen LogP contribution in [0, 0.1) is 5.41 Å². The van der Waals surface area contributed by atoms with E-state index in [1.54, 1.807) is 19.4 Å². The molecule has 1 aromatic heterocycles. The molecule has 1 aromatic rings. The summed E-state index contributed by atoms with van der Waals surface area (Å²) in [4.78, 5) is 28.4. The lowest BCUT2D eigenvalue weighted by molar-refractivity contribution is -0.135. The van der Waals surface area contributed by atoms with Gasteiger partial charge in [0.15, 0.2) is 0 Å². The zero-order valence-electron chi connectivity index (χ0n) is 15.4. The molecule has 1 spiro atoms. The maximum absolute atomic E-state index is 13.1. The van der Waals surface area contributed by atoms with Gasteiger partial charge in [0.1, 0.15) is 0 Å². The van der Waals surface area contributed by atoms with Gasteiger partial charge in [-0.25, -0.2) is 4.98 Å². The highest BCUT2D eigenvalue weighted by atomic mass is 16.5. The molecule has 8 nitrogen and oxygen atoms in total. The molecule has 0 N–H and O–H groups in total. The van der Waals surface area contributed by atoms with Gasteiger partial charge < -0.3 is 19.3 Å². The number of carbonyl (C=O) groups is 1. The fourth-order valence-corrected chi connectivity index (χ4v) is 4.21. The van der Waals surface area contributed by atoms with E-state index in [0.29, 0.717) is 24.3 Å². The molecule has 4 rings (SSSR count). The van der Waals surface area contributed by atoms with Gasteiger partial charge in [-0.3, -0.25) is 9.69 Å². The van der Waals surface area contributed by atoms with E-state index in [1.165, 1.54) is 0 Å². The average Bonchev–Trinajstić information content (AvgIpc) is 3.26. The number of amides is 1. The third kappa shape index (κ3) is 3.35. The highest BCUT2D eigenvalue weighted by Crippen LogP contribution is 2.41. The summed E-state index contributed by atoms with van der Waals surface area (Å²) in [6.07, 6.45) is 3.51. The van der Waals surface area contributed by atoms with E-state index in [4.69, 9.17) is 9.47 Å². The molecule has 3 fully saturated rings. The Morgan fingerprint density at radius 3 is 2.81 bits per heavy atom. The molecular formula is C18H27N5O3. The van der Waals surface area contributed by atoms with Gasteiger partial charge in [-0.15, -0.1) is 0 Å². The van der Waals surface area contributed by atoms with Crippen molar-refractivity contribution in [2.24, 2.45) is 5.41 Å². The predicted molar refractivity (Wildman–Crippen MR) is 96.3 cm³/mol. The molecule has 1 unspecified atom stereocenters. The van der Waals surface area contributed by atoms with Gasteiger partial charge in [0.05, 0.1) is 25.7 Å². The molecule has 0 bridgehead atoms. The Balaban J connectivity index is 1.36. The molecular weight excluding hydrogens is 334 g/mol. The van der Waals surface area contributed by atoms with Crippen LogP contribution in [-0.4, -0.2) is 91.8 Å². The first kappa shape index (κ1) is 17.5. The summed E-state index contributed by atoms with van der Waals surface area (Å²) >= 11 is 0. The number of morpholine rings is 1. The summed E-state index contributed by atoms with van der Waals surface area (Å²) in [7, 11) is 1.60. The second kappa shape index (κ2) is 7.36. The summed E-state index contributed by atoms with van der Waals surface area (Å²) in [6.45, 7) is 7.66. The van der Waals surface area contributed by atoms with Gasteiger partial charge in [-0.05, 0) is 12.8 Å². The van der Waals surface area contributed by atoms with Gasteiger partial charge >= 0.3 is 0 Å². The number of nitrogens with zero attached hydrogens (tertiary/aromatic N) is 5. The maximum Gasteiger partial charge on any atom is 0.230 e. The smallest absolute Gasteiger partial charge is 0.230 e. The lowest BCUT2D eigenvalue weighted by Crippen LogP contribution is -2.43. The minimum Gasteiger partial charge on any atom is -0.481 e. The van der Waals surface area contributed by atoms with Gasteiger partial charge in [0.25, 0.3) is 0 Å². The second-order valence-electron chi connectivity index (χ2n) is 7.35. The standard InChI is InChI=1S/C18H27N5O3/c1-25-15-2-5-19-17(20-15)23-7-4-18(14-23)3-6-22(16(18)24)9-8-21-10-12-26-13-11-21/h2,5H,3-4,6-14H2,1H3. The molecule has 3 aliphatic rings. The van der Waals surface area contributed by atoms with Crippen molar-refractivity contribution in [3.63, 3.8) is 0 Å². The van der Waals surface area contributed by atoms with Gasteiger partial charge in [0, 0.05) is 58.1 Å². The number of aromatic nitrogens is 2. The van der Waals surface area contributed by atoms with Crippen molar-refractivity contribution >= 4 is 11.9 Å². The second-order valence-corrected chi connectivity index (χ2v) is 7.35. The van der Waals surface area contributed by atoms with Crippen LogP contribution < -0.4 is 9.64 Å². The number of methoxy groups -OCH3 is 1. The Kier molecular flexibility index (Phi) is 4.95. The molecule has 4 heterocycles. The Morgan fingerprint density at radius 1 is 1.19 bits per heavy atom. The maximum atomic E-state index is 13.1. The van der Waals surface area contributed by atoms with Crippen LogP contribution in [0.5, 0.6) is 5.88 Å². The molecule has 3 saturated heterocycles. The summed E-state index contributed by atoms with van der Waals surface area (Å²) in [6, 6.07) is 1.74. The minimum atomic E-state index is -0.266. The highest BCUT2D eigenvalue weighted by molar-refractivity contribution is 5.86. The van der Waals surface area contributed by atoms with E-state index in [2.05, 4.69) is 19.8 Å². The fourth-order valence-electron chi connectivity index (χ4n) is 4.21. The van der Waals surface area contributed by atoms with E-state index in [9.17, 15) is 4.79 Å². The van der Waals surface area contributed by atoms with E-state index >= 15 is 0 Å². The molecule has 26 heavy (non-hydrogen) atoms.